The molecule has 0 fully saturated rings. The van der Waals surface area contributed by atoms with Crippen molar-refractivity contribution < 1.29 is 4.79 Å². The van der Waals surface area contributed by atoms with Gasteiger partial charge < -0.3 is 5.32 Å². The van der Waals surface area contributed by atoms with Crippen LogP contribution in [-0.4, -0.2) is 14.7 Å². The first kappa shape index (κ1) is 12.9. The van der Waals surface area contributed by atoms with Gasteiger partial charge in [-0.1, -0.05) is 11.6 Å². The van der Waals surface area contributed by atoms with Crippen LogP contribution in [0, 0.1) is 0 Å². The van der Waals surface area contributed by atoms with Gasteiger partial charge in [-0.15, -0.1) is 24.0 Å². The lowest BCUT2D eigenvalue weighted by Crippen LogP contribution is -2.10. The maximum atomic E-state index is 12.1. The lowest BCUT2D eigenvalue weighted by molar-refractivity contribution is 0.103. The molecule has 8 heteroatoms. The predicted octanol–water partition coefficient (Wildman–Crippen LogP) is 3.95. The van der Waals surface area contributed by atoms with Crippen molar-refractivity contribution in [3.05, 3.63) is 33.5 Å². The van der Waals surface area contributed by atoms with Gasteiger partial charge in [-0.3, -0.25) is 4.79 Å². The van der Waals surface area contributed by atoms with Crippen molar-refractivity contribution in [1.82, 2.24) is 8.75 Å². The van der Waals surface area contributed by atoms with Gasteiger partial charge in [0.25, 0.3) is 5.91 Å². The van der Waals surface area contributed by atoms with Crippen LogP contribution in [0.15, 0.2) is 28.5 Å². The van der Waals surface area contributed by atoms with Gasteiger partial charge in [0.2, 0.25) is 0 Å². The summed E-state index contributed by atoms with van der Waals surface area (Å²) in [4.78, 5) is 13.4. The Morgan fingerprint density at radius 2 is 2.21 bits per heavy atom. The highest BCUT2D eigenvalue weighted by Gasteiger charge is 2.15. The minimum Gasteiger partial charge on any atom is -0.318 e. The van der Waals surface area contributed by atoms with Crippen LogP contribution in [0.2, 0.25) is 5.02 Å². The predicted molar refractivity (Wildman–Crippen MR) is 81.9 cm³/mol. The van der Waals surface area contributed by atoms with Gasteiger partial charge in [-0.25, -0.2) is 0 Å². The maximum Gasteiger partial charge on any atom is 0.265 e. The molecular formula is C11H6ClN3OS3. The molecule has 1 N–H and O–H groups in total. The Balaban J connectivity index is 1.99. The molecule has 2 aromatic heterocycles. The molecule has 0 spiro atoms. The van der Waals surface area contributed by atoms with Crippen molar-refractivity contribution in [2.24, 2.45) is 0 Å². The first-order chi connectivity index (χ1) is 9.15. The highest BCUT2D eigenvalue weighted by atomic mass is 35.5. The number of hydrogen-bond donors (Lipinski definition) is 2. The second-order valence-electron chi connectivity index (χ2n) is 3.68. The van der Waals surface area contributed by atoms with Crippen molar-refractivity contribution >= 4 is 69.9 Å². The van der Waals surface area contributed by atoms with Crippen molar-refractivity contribution in [1.29, 1.82) is 0 Å². The molecule has 0 saturated carbocycles. The number of halogens is 1. The number of rotatable bonds is 2. The van der Waals surface area contributed by atoms with E-state index < -0.39 is 0 Å². The van der Waals surface area contributed by atoms with Crippen LogP contribution >= 0.6 is 47.3 Å². The van der Waals surface area contributed by atoms with Gasteiger partial charge in [0.1, 0.15) is 11.0 Å². The number of fused-ring (bicyclic) bond motifs is 1. The Morgan fingerprint density at radius 1 is 1.37 bits per heavy atom. The second kappa shape index (κ2) is 5.09. The maximum absolute atomic E-state index is 12.1. The van der Waals surface area contributed by atoms with Crippen molar-refractivity contribution in [3.63, 3.8) is 0 Å². The van der Waals surface area contributed by atoms with E-state index in [1.807, 2.05) is 0 Å². The fraction of sp³-hybridized carbons (Fsp3) is 0. The smallest absolute Gasteiger partial charge is 0.265 e. The molecule has 0 atom stereocenters. The van der Waals surface area contributed by atoms with Crippen LogP contribution in [0.5, 0.6) is 0 Å². The summed E-state index contributed by atoms with van der Waals surface area (Å²) in [5.41, 5.74) is 1.81. The lowest BCUT2D eigenvalue weighted by Gasteiger charge is -2.06. The molecule has 0 unspecified atom stereocenters. The highest BCUT2D eigenvalue weighted by Crippen LogP contribution is 2.30. The van der Waals surface area contributed by atoms with Gasteiger partial charge in [0, 0.05) is 10.3 Å². The molecule has 2 heterocycles. The first-order valence-electron chi connectivity index (χ1n) is 5.15. The average molecular weight is 328 g/mol. The van der Waals surface area contributed by atoms with Gasteiger partial charge in [-0.05, 0) is 18.2 Å². The Bertz CT molecular complexity index is 767. The normalized spacial score (nSPS) is 10.8. The Hall–Kier alpha value is -1.15. The van der Waals surface area contributed by atoms with E-state index in [1.54, 1.807) is 23.6 Å². The minimum atomic E-state index is -0.229. The molecule has 0 radical (unpaired) electrons. The molecule has 4 nitrogen and oxygen atoms in total. The summed E-state index contributed by atoms with van der Waals surface area (Å²) in [5, 5.41) is 5.02. The molecule has 3 aromatic rings. The van der Waals surface area contributed by atoms with Gasteiger partial charge in [0.05, 0.1) is 27.3 Å². The quantitative estimate of drug-likeness (QED) is 0.701. The number of anilines is 1. The van der Waals surface area contributed by atoms with Crippen LogP contribution in [-0.2, 0) is 0 Å². The zero-order valence-corrected chi connectivity index (χ0v) is 12.5. The number of amides is 1. The standard InChI is InChI=1S/C11H6ClN3OS3/c12-6-1-2-7-10(15-19-14-7)9(6)13-11(16)8-3-5(17)4-18-8/h1-4,17H,(H,13,16). The second-order valence-corrected chi connectivity index (χ2v) is 6.04. The highest BCUT2D eigenvalue weighted by molar-refractivity contribution is 7.80. The van der Waals surface area contributed by atoms with Gasteiger partial charge in [-0.2, -0.15) is 8.75 Å². The van der Waals surface area contributed by atoms with Gasteiger partial charge in [0.15, 0.2) is 0 Å². The number of carbonyl (C=O) groups excluding carboxylic acids is 1. The van der Waals surface area contributed by atoms with E-state index in [-0.39, 0.29) is 5.91 Å². The molecule has 0 aliphatic rings. The lowest BCUT2D eigenvalue weighted by atomic mass is 10.2. The van der Waals surface area contributed by atoms with E-state index in [9.17, 15) is 4.79 Å². The van der Waals surface area contributed by atoms with E-state index in [0.717, 1.165) is 16.6 Å². The number of hydrogen-bond acceptors (Lipinski definition) is 6. The largest absolute Gasteiger partial charge is 0.318 e. The molecule has 0 bridgehead atoms. The average Bonchev–Trinajstić information content (AvgIpc) is 3.01. The molecule has 19 heavy (non-hydrogen) atoms. The number of thiol groups is 1. The van der Waals surface area contributed by atoms with Crippen molar-refractivity contribution in [3.8, 4) is 0 Å². The zero-order chi connectivity index (χ0) is 13.4. The van der Waals surface area contributed by atoms with Crippen molar-refractivity contribution in [2.75, 3.05) is 5.32 Å². The number of aromatic nitrogens is 2. The van der Waals surface area contributed by atoms with Crippen LogP contribution in [0.4, 0.5) is 5.69 Å². The SMILES string of the molecule is O=C(Nc1c(Cl)ccc2nsnc12)c1cc(S)cs1. The van der Waals surface area contributed by atoms with E-state index in [4.69, 9.17) is 11.6 Å². The third-order valence-electron chi connectivity index (χ3n) is 2.43. The van der Waals surface area contributed by atoms with E-state index in [1.165, 1.54) is 11.3 Å². The summed E-state index contributed by atoms with van der Waals surface area (Å²) in [7, 11) is 0. The molecular weight excluding hydrogens is 322 g/mol. The van der Waals surface area contributed by atoms with Gasteiger partial charge >= 0.3 is 0 Å². The number of thiophene rings is 1. The Labute approximate surface area is 127 Å². The Morgan fingerprint density at radius 3 is 2.95 bits per heavy atom. The minimum absolute atomic E-state index is 0.229. The number of carbonyl (C=O) groups is 1. The first-order valence-corrected chi connectivity index (χ1v) is 7.58. The van der Waals surface area contributed by atoms with Crippen molar-refractivity contribution in [2.45, 2.75) is 4.90 Å². The zero-order valence-electron chi connectivity index (χ0n) is 9.25. The summed E-state index contributed by atoms with van der Waals surface area (Å²) < 4.78 is 8.27. The molecule has 96 valence electrons. The number of nitrogens with zero attached hydrogens (tertiary/aromatic N) is 2. The van der Waals surface area contributed by atoms with Crippen LogP contribution in [0.1, 0.15) is 9.67 Å². The van der Waals surface area contributed by atoms with Crippen LogP contribution in [0.25, 0.3) is 11.0 Å². The summed E-state index contributed by atoms with van der Waals surface area (Å²) in [5.74, 6) is -0.229. The molecule has 0 aliphatic heterocycles. The number of benzene rings is 1. The van der Waals surface area contributed by atoms with E-state index in [2.05, 4.69) is 26.7 Å². The third-order valence-corrected chi connectivity index (χ3v) is 4.64. The van der Waals surface area contributed by atoms with Crippen LogP contribution in [0.3, 0.4) is 0 Å². The summed E-state index contributed by atoms with van der Waals surface area (Å²) in [6.07, 6.45) is 0. The summed E-state index contributed by atoms with van der Waals surface area (Å²) in [6, 6.07) is 5.17. The fourth-order valence-corrected chi connectivity index (χ4v) is 3.35. The van der Waals surface area contributed by atoms with Crippen LogP contribution < -0.4 is 5.32 Å². The molecule has 1 amide bonds. The van der Waals surface area contributed by atoms with E-state index in [0.29, 0.717) is 26.6 Å². The molecule has 0 aliphatic carbocycles. The summed E-state index contributed by atoms with van der Waals surface area (Å²) >= 11 is 12.7. The topological polar surface area (TPSA) is 54.9 Å². The monoisotopic (exact) mass is 327 g/mol. The molecule has 0 saturated heterocycles. The fourth-order valence-electron chi connectivity index (χ4n) is 1.57. The Kier molecular flexibility index (Phi) is 3.44. The third kappa shape index (κ3) is 2.46. The van der Waals surface area contributed by atoms with E-state index >= 15 is 0 Å². The summed E-state index contributed by atoms with van der Waals surface area (Å²) in [6.45, 7) is 0. The molecule has 1 aromatic carbocycles. The molecule has 3 rings (SSSR count). The number of nitrogens with one attached hydrogen (secondary N) is 1.